The first kappa shape index (κ1) is 11.4. The molecule has 3 rings (SSSR count). The van der Waals surface area contributed by atoms with Crippen LogP contribution in [0.4, 0.5) is 0 Å². The van der Waals surface area contributed by atoms with E-state index in [1.54, 1.807) is 0 Å². The second kappa shape index (κ2) is 5.28. The van der Waals surface area contributed by atoms with Crippen LogP contribution >= 0.6 is 11.8 Å². The van der Waals surface area contributed by atoms with Gasteiger partial charge in [-0.15, -0.1) is 0 Å². The Morgan fingerprint density at radius 2 is 2.06 bits per heavy atom. The lowest BCUT2D eigenvalue weighted by Crippen LogP contribution is -2.46. The molecule has 2 nitrogen and oxygen atoms in total. The predicted molar refractivity (Wildman–Crippen MR) is 71.1 cm³/mol. The third kappa shape index (κ3) is 2.41. The maximum absolute atomic E-state index is 3.86. The lowest BCUT2D eigenvalue weighted by molar-refractivity contribution is 0.180. The zero-order valence-electron chi connectivity index (χ0n) is 10.2. The molecule has 3 saturated heterocycles. The highest BCUT2D eigenvalue weighted by molar-refractivity contribution is 8.00. The first-order valence-electron chi connectivity index (χ1n) is 7.02. The predicted octanol–water partition coefficient (Wildman–Crippen LogP) is 2.10. The van der Waals surface area contributed by atoms with Crippen molar-refractivity contribution in [2.24, 2.45) is 0 Å². The average Bonchev–Trinajstić information content (AvgIpc) is 2.96. The van der Waals surface area contributed by atoms with Crippen LogP contribution in [0.2, 0.25) is 0 Å². The lowest BCUT2D eigenvalue weighted by Gasteiger charge is -2.33. The van der Waals surface area contributed by atoms with Crippen molar-refractivity contribution in [2.75, 3.05) is 25.4 Å². The molecule has 16 heavy (non-hydrogen) atoms. The Hall–Kier alpha value is 0.270. The van der Waals surface area contributed by atoms with E-state index < -0.39 is 0 Å². The van der Waals surface area contributed by atoms with Gasteiger partial charge in [0, 0.05) is 30.4 Å². The zero-order valence-corrected chi connectivity index (χ0v) is 11.0. The average molecular weight is 240 g/mol. The van der Waals surface area contributed by atoms with Crippen LogP contribution in [0, 0.1) is 0 Å². The highest BCUT2D eigenvalue weighted by atomic mass is 32.2. The molecular weight excluding hydrogens is 216 g/mol. The van der Waals surface area contributed by atoms with Crippen molar-refractivity contribution in [2.45, 2.75) is 55.9 Å². The maximum Gasteiger partial charge on any atom is 0.0249 e. The second-order valence-electron chi connectivity index (χ2n) is 5.54. The van der Waals surface area contributed by atoms with Gasteiger partial charge >= 0.3 is 0 Å². The summed E-state index contributed by atoms with van der Waals surface area (Å²) in [5, 5.41) is 4.77. The highest BCUT2D eigenvalue weighted by Gasteiger charge is 2.35. The molecule has 0 amide bonds. The quantitative estimate of drug-likeness (QED) is 0.813. The third-order valence-corrected chi connectivity index (χ3v) is 5.89. The monoisotopic (exact) mass is 240 g/mol. The maximum atomic E-state index is 3.86. The molecule has 3 aliphatic rings. The minimum atomic E-state index is 0.807. The van der Waals surface area contributed by atoms with E-state index in [1.165, 1.54) is 63.9 Å². The van der Waals surface area contributed by atoms with Gasteiger partial charge in [-0.2, -0.15) is 11.8 Å². The molecule has 3 heterocycles. The van der Waals surface area contributed by atoms with E-state index >= 15 is 0 Å². The fourth-order valence-electron chi connectivity index (χ4n) is 3.57. The summed E-state index contributed by atoms with van der Waals surface area (Å²) in [5.41, 5.74) is 0. The summed E-state index contributed by atoms with van der Waals surface area (Å²) in [6.07, 6.45) is 8.60. The highest BCUT2D eigenvalue weighted by Crippen LogP contribution is 2.29. The number of nitrogens with zero attached hydrogens (tertiary/aromatic N) is 1. The van der Waals surface area contributed by atoms with Gasteiger partial charge in [0.15, 0.2) is 0 Å². The van der Waals surface area contributed by atoms with Gasteiger partial charge in [0.25, 0.3) is 0 Å². The molecule has 0 spiro atoms. The van der Waals surface area contributed by atoms with Crippen LogP contribution in [0.5, 0.6) is 0 Å². The fraction of sp³-hybridized carbons (Fsp3) is 1.00. The normalized spacial score (nSPS) is 40.1. The number of fused-ring (bicyclic) bond motifs is 1. The first-order valence-corrected chi connectivity index (χ1v) is 8.07. The Labute approximate surface area is 104 Å². The number of hydrogen-bond donors (Lipinski definition) is 1. The van der Waals surface area contributed by atoms with Gasteiger partial charge in [0.05, 0.1) is 0 Å². The molecule has 92 valence electrons. The molecule has 1 N–H and O–H groups in total. The van der Waals surface area contributed by atoms with E-state index in [0.29, 0.717) is 0 Å². The van der Waals surface area contributed by atoms with Crippen molar-refractivity contribution in [1.82, 2.24) is 10.2 Å². The van der Waals surface area contributed by atoms with Crippen LogP contribution in [0.3, 0.4) is 0 Å². The molecule has 0 bridgehead atoms. The summed E-state index contributed by atoms with van der Waals surface area (Å²) < 4.78 is 0. The van der Waals surface area contributed by atoms with Crippen LogP contribution in [0.1, 0.15) is 38.5 Å². The molecule has 3 aliphatic heterocycles. The molecule has 3 unspecified atom stereocenters. The minimum Gasteiger partial charge on any atom is -0.311 e. The largest absolute Gasteiger partial charge is 0.311 e. The van der Waals surface area contributed by atoms with E-state index in [-0.39, 0.29) is 0 Å². The van der Waals surface area contributed by atoms with E-state index in [9.17, 15) is 0 Å². The van der Waals surface area contributed by atoms with Crippen molar-refractivity contribution in [3.05, 3.63) is 0 Å². The fourth-order valence-corrected chi connectivity index (χ4v) is 4.79. The summed E-state index contributed by atoms with van der Waals surface area (Å²) in [6.45, 7) is 3.97. The third-order valence-electron chi connectivity index (χ3n) is 4.49. The van der Waals surface area contributed by atoms with E-state index in [2.05, 4.69) is 22.0 Å². The Bertz CT molecular complexity index is 228. The smallest absolute Gasteiger partial charge is 0.0249 e. The number of piperidine rings is 1. The van der Waals surface area contributed by atoms with Gasteiger partial charge in [-0.1, -0.05) is 6.42 Å². The minimum absolute atomic E-state index is 0.807. The number of thioether (sulfide) groups is 1. The molecule has 0 radical (unpaired) electrons. The molecule has 3 atom stereocenters. The molecule has 3 heteroatoms. The van der Waals surface area contributed by atoms with E-state index in [0.717, 1.165) is 17.3 Å². The van der Waals surface area contributed by atoms with Crippen molar-refractivity contribution in [3.63, 3.8) is 0 Å². The van der Waals surface area contributed by atoms with Gasteiger partial charge in [0.2, 0.25) is 0 Å². The van der Waals surface area contributed by atoms with Crippen LogP contribution in [-0.4, -0.2) is 47.6 Å². The van der Waals surface area contributed by atoms with Gasteiger partial charge < -0.3 is 5.32 Å². The summed E-state index contributed by atoms with van der Waals surface area (Å²) in [7, 11) is 0. The summed E-state index contributed by atoms with van der Waals surface area (Å²) >= 11 is 2.18. The van der Waals surface area contributed by atoms with E-state index in [4.69, 9.17) is 0 Å². The van der Waals surface area contributed by atoms with Crippen LogP contribution in [0.15, 0.2) is 0 Å². The Kier molecular flexibility index (Phi) is 3.75. The van der Waals surface area contributed by atoms with Gasteiger partial charge in [0.1, 0.15) is 0 Å². The molecular formula is C13H24N2S. The van der Waals surface area contributed by atoms with Crippen molar-refractivity contribution < 1.29 is 0 Å². The van der Waals surface area contributed by atoms with Crippen LogP contribution < -0.4 is 5.32 Å². The molecule has 0 saturated carbocycles. The summed E-state index contributed by atoms with van der Waals surface area (Å²) in [6, 6.07) is 1.68. The molecule has 0 aromatic rings. The summed E-state index contributed by atoms with van der Waals surface area (Å²) in [4.78, 5) is 2.73. The number of rotatable bonds is 3. The Morgan fingerprint density at radius 1 is 1.06 bits per heavy atom. The first-order chi connectivity index (χ1) is 7.93. The standard InChI is InChI=1S/C13H24N2S/c1-2-7-15-8-6-12(13(15)5-1)14-10-11-4-3-9-16-11/h11-14H,1-10H2. The lowest BCUT2D eigenvalue weighted by atomic mass is 9.99. The SMILES string of the molecule is C1CSC(CNC2CCN3CCCCC23)C1. The molecule has 0 aromatic carbocycles. The Morgan fingerprint density at radius 3 is 2.94 bits per heavy atom. The Balaban J connectivity index is 1.47. The number of nitrogens with one attached hydrogen (secondary N) is 1. The van der Waals surface area contributed by atoms with Crippen molar-refractivity contribution >= 4 is 11.8 Å². The van der Waals surface area contributed by atoms with E-state index in [1.807, 2.05) is 0 Å². The van der Waals surface area contributed by atoms with Crippen LogP contribution in [-0.2, 0) is 0 Å². The van der Waals surface area contributed by atoms with Crippen LogP contribution in [0.25, 0.3) is 0 Å². The number of hydrogen-bond acceptors (Lipinski definition) is 3. The van der Waals surface area contributed by atoms with Gasteiger partial charge in [-0.05, 0) is 44.4 Å². The second-order valence-corrected chi connectivity index (χ2v) is 6.95. The molecule has 0 aliphatic carbocycles. The molecule has 3 fully saturated rings. The zero-order chi connectivity index (χ0) is 10.8. The molecule has 0 aromatic heterocycles. The van der Waals surface area contributed by atoms with Gasteiger partial charge in [-0.3, -0.25) is 4.90 Å². The topological polar surface area (TPSA) is 15.3 Å². The summed E-state index contributed by atoms with van der Waals surface area (Å²) in [5.74, 6) is 1.40. The van der Waals surface area contributed by atoms with Crippen molar-refractivity contribution in [3.8, 4) is 0 Å². The van der Waals surface area contributed by atoms with Gasteiger partial charge in [-0.25, -0.2) is 0 Å². The van der Waals surface area contributed by atoms with Crippen molar-refractivity contribution in [1.29, 1.82) is 0 Å².